The Morgan fingerprint density at radius 3 is 2.44 bits per heavy atom. The van der Waals surface area contributed by atoms with E-state index in [9.17, 15) is 0 Å². The van der Waals surface area contributed by atoms with E-state index in [2.05, 4.69) is 17.0 Å². The van der Waals surface area contributed by atoms with Crippen LogP contribution in [-0.2, 0) is 11.3 Å². The molecule has 1 aliphatic rings. The van der Waals surface area contributed by atoms with Crippen molar-refractivity contribution in [2.24, 2.45) is 5.73 Å². The van der Waals surface area contributed by atoms with Crippen LogP contribution in [0.4, 0.5) is 0 Å². The summed E-state index contributed by atoms with van der Waals surface area (Å²) in [5.41, 5.74) is 7.78. The van der Waals surface area contributed by atoms with E-state index in [-0.39, 0.29) is 0 Å². The summed E-state index contributed by atoms with van der Waals surface area (Å²) < 4.78 is 5.31. The van der Waals surface area contributed by atoms with Gasteiger partial charge in [-0.05, 0) is 5.56 Å². The highest BCUT2D eigenvalue weighted by Gasteiger charge is 2.10. The van der Waals surface area contributed by atoms with Crippen molar-refractivity contribution in [1.82, 2.24) is 4.90 Å². The summed E-state index contributed by atoms with van der Waals surface area (Å²) in [6, 6.07) is 8.14. The molecule has 0 aliphatic carbocycles. The number of hydrogen-bond acceptors (Lipinski definition) is 3. The Hall–Kier alpha value is -0.970. The number of nitrogens with two attached hydrogens (primary N) is 1. The molecule has 0 radical (unpaired) electrons. The summed E-state index contributed by atoms with van der Waals surface area (Å²) in [5, 5.41) is 0. The average Bonchev–Trinajstić information content (AvgIpc) is 2.31. The molecule has 2 rings (SSSR count). The number of ether oxygens (including phenoxy) is 1. The summed E-state index contributed by atoms with van der Waals surface area (Å²) in [4.78, 5) is 2.84. The fraction of sp³-hybridized carbons (Fsp3) is 0.417. The summed E-state index contributed by atoms with van der Waals surface area (Å²) in [7, 11) is 0. The van der Waals surface area contributed by atoms with E-state index in [0.717, 1.165) is 38.4 Å². The third-order valence-corrected chi connectivity index (χ3v) is 2.98. The minimum Gasteiger partial charge on any atom is -0.389 e. The Bertz CT molecular complexity index is 358. The first kappa shape index (κ1) is 11.5. The molecule has 0 bridgehead atoms. The highest BCUT2D eigenvalue weighted by molar-refractivity contribution is 7.80. The van der Waals surface area contributed by atoms with Gasteiger partial charge in [0.05, 0.1) is 13.2 Å². The first-order chi connectivity index (χ1) is 7.75. The predicted octanol–water partition coefficient (Wildman–Crippen LogP) is 1.15. The topological polar surface area (TPSA) is 38.5 Å². The highest BCUT2D eigenvalue weighted by Crippen LogP contribution is 2.09. The van der Waals surface area contributed by atoms with Crippen LogP contribution < -0.4 is 5.73 Å². The third-order valence-electron chi connectivity index (χ3n) is 2.75. The maximum absolute atomic E-state index is 5.55. The second-order valence-corrected chi connectivity index (χ2v) is 4.39. The van der Waals surface area contributed by atoms with E-state index in [1.165, 1.54) is 5.56 Å². The summed E-state index contributed by atoms with van der Waals surface area (Å²) in [6.07, 6.45) is 0. The van der Waals surface area contributed by atoms with E-state index >= 15 is 0 Å². The van der Waals surface area contributed by atoms with Crippen molar-refractivity contribution >= 4 is 17.2 Å². The maximum Gasteiger partial charge on any atom is 0.103 e. The normalized spacial score (nSPS) is 17.2. The molecule has 0 spiro atoms. The van der Waals surface area contributed by atoms with Gasteiger partial charge >= 0.3 is 0 Å². The van der Waals surface area contributed by atoms with E-state index in [1.54, 1.807) is 0 Å². The molecule has 1 aliphatic heterocycles. The van der Waals surface area contributed by atoms with E-state index in [4.69, 9.17) is 22.7 Å². The number of benzene rings is 1. The van der Waals surface area contributed by atoms with Crippen LogP contribution in [0.1, 0.15) is 11.1 Å². The summed E-state index contributed by atoms with van der Waals surface area (Å²) in [6.45, 7) is 4.67. The molecule has 1 fully saturated rings. The number of morpholine rings is 1. The largest absolute Gasteiger partial charge is 0.389 e. The molecule has 0 atom stereocenters. The molecule has 4 heteroatoms. The van der Waals surface area contributed by atoms with Gasteiger partial charge in [-0.2, -0.15) is 0 Å². The molecule has 3 nitrogen and oxygen atoms in total. The Kier molecular flexibility index (Phi) is 3.88. The monoisotopic (exact) mass is 236 g/mol. The van der Waals surface area contributed by atoms with Crippen LogP contribution in [0, 0.1) is 0 Å². The minimum absolute atomic E-state index is 0.456. The maximum atomic E-state index is 5.55. The second-order valence-electron chi connectivity index (χ2n) is 3.95. The Morgan fingerprint density at radius 2 is 1.88 bits per heavy atom. The molecule has 2 N–H and O–H groups in total. The fourth-order valence-corrected chi connectivity index (χ4v) is 1.93. The van der Waals surface area contributed by atoms with Gasteiger partial charge in [0.2, 0.25) is 0 Å². The standard InChI is InChI=1S/C12H16N2OS/c13-12(16)11-3-1-10(2-4-11)9-14-5-7-15-8-6-14/h1-4H,5-9H2,(H2,13,16). The molecule has 0 aromatic heterocycles. The summed E-state index contributed by atoms with van der Waals surface area (Å²) in [5.74, 6) is 0. The molecular weight excluding hydrogens is 220 g/mol. The van der Waals surface area contributed by atoms with Gasteiger partial charge in [-0.1, -0.05) is 36.5 Å². The Morgan fingerprint density at radius 1 is 1.25 bits per heavy atom. The van der Waals surface area contributed by atoms with Crippen LogP contribution >= 0.6 is 12.2 Å². The summed E-state index contributed by atoms with van der Waals surface area (Å²) >= 11 is 4.92. The average molecular weight is 236 g/mol. The molecule has 0 unspecified atom stereocenters. The van der Waals surface area contributed by atoms with Crippen LogP contribution in [-0.4, -0.2) is 36.2 Å². The van der Waals surface area contributed by atoms with Crippen LogP contribution in [0.2, 0.25) is 0 Å². The van der Waals surface area contributed by atoms with Crippen molar-refractivity contribution in [2.45, 2.75) is 6.54 Å². The van der Waals surface area contributed by atoms with Gasteiger partial charge in [0.15, 0.2) is 0 Å². The number of hydrogen-bond donors (Lipinski definition) is 1. The molecule has 0 saturated carbocycles. The lowest BCUT2D eigenvalue weighted by molar-refractivity contribution is 0.0342. The molecule has 1 heterocycles. The van der Waals surface area contributed by atoms with Crippen molar-refractivity contribution in [2.75, 3.05) is 26.3 Å². The minimum atomic E-state index is 0.456. The fourth-order valence-electron chi connectivity index (χ4n) is 1.79. The van der Waals surface area contributed by atoms with Crippen LogP contribution in [0.15, 0.2) is 24.3 Å². The number of rotatable bonds is 3. The van der Waals surface area contributed by atoms with Crippen molar-refractivity contribution in [3.8, 4) is 0 Å². The third kappa shape index (κ3) is 3.01. The lowest BCUT2D eigenvalue weighted by atomic mass is 10.1. The second kappa shape index (κ2) is 5.39. The van der Waals surface area contributed by atoms with E-state index in [1.807, 2.05) is 12.1 Å². The van der Waals surface area contributed by atoms with Gasteiger partial charge < -0.3 is 10.5 Å². The SMILES string of the molecule is NC(=S)c1ccc(CN2CCOCC2)cc1. The van der Waals surface area contributed by atoms with Gasteiger partial charge in [0, 0.05) is 25.2 Å². The predicted molar refractivity (Wildman–Crippen MR) is 68.4 cm³/mol. The Labute approximate surface area is 101 Å². The van der Waals surface area contributed by atoms with E-state index < -0.39 is 0 Å². The molecule has 86 valence electrons. The quantitative estimate of drug-likeness (QED) is 0.799. The van der Waals surface area contributed by atoms with Gasteiger partial charge in [-0.3, -0.25) is 4.90 Å². The lowest BCUT2D eigenvalue weighted by Crippen LogP contribution is -2.35. The molecule has 1 aromatic carbocycles. The highest BCUT2D eigenvalue weighted by atomic mass is 32.1. The number of nitrogens with zero attached hydrogens (tertiary/aromatic N) is 1. The van der Waals surface area contributed by atoms with Crippen molar-refractivity contribution in [1.29, 1.82) is 0 Å². The molecular formula is C12H16N2OS. The van der Waals surface area contributed by atoms with Gasteiger partial charge in [0.25, 0.3) is 0 Å². The van der Waals surface area contributed by atoms with Gasteiger partial charge in [0.1, 0.15) is 4.99 Å². The van der Waals surface area contributed by atoms with Gasteiger partial charge in [-0.15, -0.1) is 0 Å². The van der Waals surface area contributed by atoms with Crippen molar-refractivity contribution in [3.05, 3.63) is 35.4 Å². The Balaban J connectivity index is 1.96. The van der Waals surface area contributed by atoms with Crippen molar-refractivity contribution < 1.29 is 4.74 Å². The van der Waals surface area contributed by atoms with Crippen LogP contribution in [0.25, 0.3) is 0 Å². The molecule has 0 amide bonds. The first-order valence-electron chi connectivity index (χ1n) is 5.44. The molecule has 1 aromatic rings. The van der Waals surface area contributed by atoms with Crippen LogP contribution in [0.3, 0.4) is 0 Å². The van der Waals surface area contributed by atoms with Gasteiger partial charge in [-0.25, -0.2) is 0 Å². The van der Waals surface area contributed by atoms with Crippen LogP contribution in [0.5, 0.6) is 0 Å². The zero-order chi connectivity index (χ0) is 11.4. The molecule has 16 heavy (non-hydrogen) atoms. The zero-order valence-corrected chi connectivity index (χ0v) is 10.0. The first-order valence-corrected chi connectivity index (χ1v) is 5.85. The van der Waals surface area contributed by atoms with Crippen molar-refractivity contribution in [3.63, 3.8) is 0 Å². The number of thiocarbonyl (C=S) groups is 1. The van der Waals surface area contributed by atoms with E-state index in [0.29, 0.717) is 4.99 Å². The lowest BCUT2D eigenvalue weighted by Gasteiger charge is -2.26. The zero-order valence-electron chi connectivity index (χ0n) is 9.19. The smallest absolute Gasteiger partial charge is 0.103 e. The molecule has 1 saturated heterocycles.